The smallest absolute Gasteiger partial charge is 0.151 e. The minimum absolute atomic E-state index is 0.285. The summed E-state index contributed by atoms with van der Waals surface area (Å²) in [6.07, 6.45) is 3.27. The normalized spacial score (nSPS) is 19.1. The highest BCUT2D eigenvalue weighted by atomic mass is 16.5. The first kappa shape index (κ1) is 17.8. The minimum Gasteiger partial charge on any atom is -0.467 e. The predicted octanol–water partition coefficient (Wildman–Crippen LogP) is 1.51. The van der Waals surface area contributed by atoms with Gasteiger partial charge in [0.1, 0.15) is 12.4 Å². The standard InChI is InChI=1S/C18H26N4O3/c1-14-6-7-18(21-20-14)22-8-2-4-15(11-22)19-10-16(23)12-24-13-17-5-3-9-25-17/h3,5-7,9,15-16,19,23H,2,4,8,10-13H2,1H3. The van der Waals surface area contributed by atoms with Crippen LogP contribution in [0.3, 0.4) is 0 Å². The molecule has 3 rings (SSSR count). The van der Waals surface area contributed by atoms with Crippen molar-refractivity contribution in [3.05, 3.63) is 42.0 Å². The van der Waals surface area contributed by atoms with Gasteiger partial charge in [-0.25, -0.2) is 0 Å². The van der Waals surface area contributed by atoms with E-state index in [0.29, 0.717) is 19.2 Å². The second-order valence-electron chi connectivity index (χ2n) is 6.47. The van der Waals surface area contributed by atoms with Crippen LogP contribution in [0.5, 0.6) is 0 Å². The van der Waals surface area contributed by atoms with E-state index in [2.05, 4.69) is 20.4 Å². The molecule has 3 heterocycles. The first-order chi connectivity index (χ1) is 12.2. The van der Waals surface area contributed by atoms with Crippen molar-refractivity contribution in [3.63, 3.8) is 0 Å². The number of anilines is 1. The van der Waals surface area contributed by atoms with E-state index < -0.39 is 6.10 Å². The molecule has 1 saturated heterocycles. The van der Waals surface area contributed by atoms with Crippen LogP contribution in [-0.2, 0) is 11.3 Å². The number of aromatic nitrogens is 2. The summed E-state index contributed by atoms with van der Waals surface area (Å²) < 4.78 is 10.7. The van der Waals surface area contributed by atoms with Gasteiger partial charge in [0, 0.05) is 25.7 Å². The van der Waals surface area contributed by atoms with E-state index >= 15 is 0 Å². The topological polar surface area (TPSA) is 83.7 Å². The van der Waals surface area contributed by atoms with Crippen LogP contribution >= 0.6 is 0 Å². The molecule has 2 atom stereocenters. The Labute approximate surface area is 148 Å². The molecule has 25 heavy (non-hydrogen) atoms. The van der Waals surface area contributed by atoms with Gasteiger partial charge in [-0.1, -0.05) is 0 Å². The number of piperidine rings is 1. The summed E-state index contributed by atoms with van der Waals surface area (Å²) in [5.41, 5.74) is 0.924. The highest BCUT2D eigenvalue weighted by Gasteiger charge is 2.21. The van der Waals surface area contributed by atoms with Crippen LogP contribution < -0.4 is 10.2 Å². The van der Waals surface area contributed by atoms with Crippen molar-refractivity contribution in [2.24, 2.45) is 0 Å². The lowest BCUT2D eigenvalue weighted by Gasteiger charge is -2.34. The van der Waals surface area contributed by atoms with Gasteiger partial charge in [0.05, 0.1) is 24.7 Å². The zero-order valence-electron chi connectivity index (χ0n) is 14.6. The minimum atomic E-state index is -0.537. The van der Waals surface area contributed by atoms with Gasteiger partial charge in [-0.05, 0) is 44.0 Å². The quantitative estimate of drug-likeness (QED) is 0.749. The molecule has 0 amide bonds. The Kier molecular flexibility index (Phi) is 6.38. The maximum absolute atomic E-state index is 10.1. The second kappa shape index (κ2) is 8.94. The molecule has 1 fully saturated rings. The largest absolute Gasteiger partial charge is 0.467 e. The van der Waals surface area contributed by atoms with Gasteiger partial charge in [-0.3, -0.25) is 0 Å². The Morgan fingerprint density at radius 3 is 3.08 bits per heavy atom. The van der Waals surface area contributed by atoms with E-state index in [1.807, 2.05) is 31.2 Å². The molecule has 1 aliphatic heterocycles. The van der Waals surface area contributed by atoms with Crippen LogP contribution in [0.1, 0.15) is 24.3 Å². The Morgan fingerprint density at radius 2 is 2.32 bits per heavy atom. The molecule has 7 heteroatoms. The molecule has 0 saturated carbocycles. The monoisotopic (exact) mass is 346 g/mol. The van der Waals surface area contributed by atoms with Gasteiger partial charge < -0.3 is 24.5 Å². The molecule has 2 aromatic rings. The number of aryl methyl sites for hydroxylation is 1. The summed E-state index contributed by atoms with van der Waals surface area (Å²) in [5, 5.41) is 21.9. The fraction of sp³-hybridized carbons (Fsp3) is 0.556. The number of aliphatic hydroxyl groups is 1. The number of nitrogens with one attached hydrogen (secondary N) is 1. The van der Waals surface area contributed by atoms with Crippen molar-refractivity contribution in [2.75, 3.05) is 31.1 Å². The van der Waals surface area contributed by atoms with E-state index in [9.17, 15) is 5.11 Å². The number of rotatable bonds is 8. The third-order valence-electron chi connectivity index (χ3n) is 4.31. The highest BCUT2D eigenvalue weighted by molar-refractivity contribution is 5.38. The molecule has 0 bridgehead atoms. The number of furan rings is 1. The van der Waals surface area contributed by atoms with E-state index in [1.54, 1.807) is 6.26 Å². The molecule has 0 spiro atoms. The number of hydrogen-bond donors (Lipinski definition) is 2. The molecule has 0 aromatic carbocycles. The summed E-state index contributed by atoms with van der Waals surface area (Å²) in [6.45, 7) is 4.98. The van der Waals surface area contributed by atoms with E-state index in [0.717, 1.165) is 43.2 Å². The van der Waals surface area contributed by atoms with Gasteiger partial charge >= 0.3 is 0 Å². The number of aliphatic hydroxyl groups excluding tert-OH is 1. The fourth-order valence-corrected chi connectivity index (χ4v) is 2.96. The van der Waals surface area contributed by atoms with Crippen LogP contribution in [0.15, 0.2) is 34.9 Å². The van der Waals surface area contributed by atoms with E-state index in [-0.39, 0.29) is 6.61 Å². The Balaban J connectivity index is 1.38. The van der Waals surface area contributed by atoms with Crippen LogP contribution in [0.2, 0.25) is 0 Å². The third-order valence-corrected chi connectivity index (χ3v) is 4.31. The average Bonchev–Trinajstić information content (AvgIpc) is 3.14. The maximum atomic E-state index is 10.1. The number of hydrogen-bond acceptors (Lipinski definition) is 7. The number of ether oxygens (including phenoxy) is 1. The second-order valence-corrected chi connectivity index (χ2v) is 6.47. The molecule has 0 radical (unpaired) electrons. The Bertz CT molecular complexity index is 618. The molecular weight excluding hydrogens is 320 g/mol. The van der Waals surface area contributed by atoms with Crippen molar-refractivity contribution in [1.29, 1.82) is 0 Å². The van der Waals surface area contributed by atoms with Crippen LogP contribution in [0.25, 0.3) is 0 Å². The fourth-order valence-electron chi connectivity index (χ4n) is 2.96. The highest BCUT2D eigenvalue weighted by Crippen LogP contribution is 2.17. The van der Waals surface area contributed by atoms with Crippen molar-refractivity contribution in [3.8, 4) is 0 Å². The van der Waals surface area contributed by atoms with Gasteiger partial charge in [0.2, 0.25) is 0 Å². The van der Waals surface area contributed by atoms with Crippen LogP contribution in [-0.4, -0.2) is 53.7 Å². The molecule has 0 aliphatic carbocycles. The lowest BCUT2D eigenvalue weighted by atomic mass is 10.1. The van der Waals surface area contributed by atoms with Crippen LogP contribution in [0, 0.1) is 6.92 Å². The SMILES string of the molecule is Cc1ccc(N2CCCC(NCC(O)COCc3ccco3)C2)nn1. The summed E-state index contributed by atoms with van der Waals surface area (Å²) in [4.78, 5) is 2.24. The zero-order valence-corrected chi connectivity index (χ0v) is 14.6. The third kappa shape index (κ3) is 5.52. The molecule has 2 N–H and O–H groups in total. The first-order valence-corrected chi connectivity index (χ1v) is 8.77. The van der Waals surface area contributed by atoms with E-state index in [1.165, 1.54) is 0 Å². The first-order valence-electron chi connectivity index (χ1n) is 8.77. The van der Waals surface area contributed by atoms with Crippen molar-refractivity contribution in [2.45, 2.75) is 38.5 Å². The van der Waals surface area contributed by atoms with Gasteiger partial charge in [0.25, 0.3) is 0 Å². The molecule has 2 unspecified atom stereocenters. The van der Waals surface area contributed by atoms with Crippen molar-refractivity contribution >= 4 is 5.82 Å². The summed E-state index contributed by atoms with van der Waals surface area (Å²) in [5.74, 6) is 1.68. The zero-order chi connectivity index (χ0) is 17.5. The van der Waals surface area contributed by atoms with Crippen molar-refractivity contribution < 1.29 is 14.3 Å². The lowest BCUT2D eigenvalue weighted by Crippen LogP contribution is -2.48. The molecule has 7 nitrogen and oxygen atoms in total. The maximum Gasteiger partial charge on any atom is 0.151 e. The average molecular weight is 346 g/mol. The lowest BCUT2D eigenvalue weighted by molar-refractivity contribution is 0.0213. The summed E-state index contributed by atoms with van der Waals surface area (Å²) in [7, 11) is 0. The molecule has 136 valence electrons. The predicted molar refractivity (Wildman–Crippen MR) is 94.4 cm³/mol. The van der Waals surface area contributed by atoms with Gasteiger partial charge in [-0.15, -0.1) is 5.10 Å². The summed E-state index contributed by atoms with van der Waals surface area (Å²) in [6, 6.07) is 8.01. The Hall–Kier alpha value is -1.96. The van der Waals surface area contributed by atoms with Gasteiger partial charge in [-0.2, -0.15) is 5.10 Å². The number of nitrogens with zero attached hydrogens (tertiary/aromatic N) is 3. The van der Waals surface area contributed by atoms with Crippen molar-refractivity contribution in [1.82, 2.24) is 15.5 Å². The van der Waals surface area contributed by atoms with Gasteiger partial charge in [0.15, 0.2) is 5.82 Å². The molecule has 1 aliphatic rings. The molecule has 2 aromatic heterocycles. The Morgan fingerprint density at radius 1 is 1.40 bits per heavy atom. The van der Waals surface area contributed by atoms with Crippen LogP contribution in [0.4, 0.5) is 5.82 Å². The van der Waals surface area contributed by atoms with E-state index in [4.69, 9.17) is 9.15 Å². The summed E-state index contributed by atoms with van der Waals surface area (Å²) >= 11 is 0. The molecular formula is C18H26N4O3.